The molecule has 0 aliphatic heterocycles. The highest BCUT2D eigenvalue weighted by atomic mass is 35.5. The summed E-state index contributed by atoms with van der Waals surface area (Å²) >= 11 is 11.9. The van der Waals surface area contributed by atoms with Crippen molar-refractivity contribution < 1.29 is 17.9 Å². The molecule has 8 heteroatoms. The number of rotatable bonds is 6. The van der Waals surface area contributed by atoms with E-state index in [-0.39, 0.29) is 27.6 Å². The lowest BCUT2D eigenvalue weighted by Crippen LogP contribution is -2.35. The molecule has 0 unspecified atom stereocenters. The smallest absolute Gasteiger partial charge is 0.242 e. The van der Waals surface area contributed by atoms with E-state index >= 15 is 0 Å². The van der Waals surface area contributed by atoms with E-state index in [4.69, 9.17) is 32.7 Å². The van der Waals surface area contributed by atoms with Crippen LogP contribution in [-0.4, -0.2) is 35.3 Å². The van der Waals surface area contributed by atoms with Gasteiger partial charge >= 0.3 is 0 Å². The van der Waals surface area contributed by atoms with E-state index in [9.17, 15) is 8.42 Å². The van der Waals surface area contributed by atoms with Crippen molar-refractivity contribution in [3.63, 3.8) is 0 Å². The third-order valence-electron chi connectivity index (χ3n) is 2.29. The van der Waals surface area contributed by atoms with E-state index in [0.29, 0.717) is 5.75 Å². The van der Waals surface area contributed by atoms with E-state index in [1.54, 1.807) is 6.92 Å². The highest BCUT2D eigenvalue weighted by Crippen LogP contribution is 2.36. The van der Waals surface area contributed by atoms with Crippen LogP contribution in [0.15, 0.2) is 17.0 Å². The Bertz CT molecular complexity index is 548. The standard InChI is InChI=1S/C11H15Cl2NO4S/c1-7(6-17-2)14-19(15,16)9-5-4-8(18-3)10(12)11(9)13/h4-5,7,14H,6H2,1-3H3/t7-/m0/s1. The minimum atomic E-state index is -3.76. The predicted octanol–water partition coefficient (Wildman–Crippen LogP) is 2.32. The summed E-state index contributed by atoms with van der Waals surface area (Å²) in [6.45, 7) is 1.93. The lowest BCUT2D eigenvalue weighted by molar-refractivity contribution is 0.180. The lowest BCUT2D eigenvalue weighted by Gasteiger charge is -2.15. The maximum atomic E-state index is 12.1. The fraction of sp³-hybridized carbons (Fsp3) is 0.455. The first-order valence-corrected chi connectivity index (χ1v) is 7.60. The van der Waals surface area contributed by atoms with E-state index in [1.165, 1.54) is 26.4 Å². The number of methoxy groups -OCH3 is 2. The molecular weight excluding hydrogens is 313 g/mol. The van der Waals surface area contributed by atoms with Crippen LogP contribution in [0.25, 0.3) is 0 Å². The molecule has 0 amide bonds. The van der Waals surface area contributed by atoms with Gasteiger partial charge in [-0.2, -0.15) is 0 Å². The summed E-state index contributed by atoms with van der Waals surface area (Å²) in [5.41, 5.74) is 0. The largest absolute Gasteiger partial charge is 0.495 e. The molecule has 0 heterocycles. The van der Waals surface area contributed by atoms with Crippen LogP contribution in [0.5, 0.6) is 5.75 Å². The molecule has 108 valence electrons. The van der Waals surface area contributed by atoms with Gasteiger partial charge in [0.2, 0.25) is 10.0 Å². The van der Waals surface area contributed by atoms with Gasteiger partial charge in [-0.1, -0.05) is 23.2 Å². The molecule has 1 N–H and O–H groups in total. The molecule has 0 aliphatic carbocycles. The van der Waals surface area contributed by atoms with E-state index < -0.39 is 10.0 Å². The number of hydrogen-bond acceptors (Lipinski definition) is 4. The first kappa shape index (κ1) is 16.5. The van der Waals surface area contributed by atoms with Crippen LogP contribution in [0, 0.1) is 0 Å². The quantitative estimate of drug-likeness (QED) is 0.870. The van der Waals surface area contributed by atoms with Crippen molar-refractivity contribution in [2.45, 2.75) is 17.9 Å². The minimum Gasteiger partial charge on any atom is -0.495 e. The van der Waals surface area contributed by atoms with Gasteiger partial charge in [0.25, 0.3) is 0 Å². The first-order chi connectivity index (χ1) is 8.83. The Balaban J connectivity index is 3.12. The molecule has 0 aromatic heterocycles. The van der Waals surface area contributed by atoms with E-state index in [0.717, 1.165) is 0 Å². The van der Waals surface area contributed by atoms with Gasteiger partial charge in [-0.3, -0.25) is 0 Å². The van der Waals surface area contributed by atoms with E-state index in [2.05, 4.69) is 4.72 Å². The number of sulfonamides is 1. The van der Waals surface area contributed by atoms with Gasteiger partial charge in [-0.25, -0.2) is 13.1 Å². The fourth-order valence-electron chi connectivity index (χ4n) is 1.49. The highest BCUT2D eigenvalue weighted by Gasteiger charge is 2.23. The molecule has 19 heavy (non-hydrogen) atoms. The predicted molar refractivity (Wildman–Crippen MR) is 74.7 cm³/mol. The summed E-state index contributed by atoms with van der Waals surface area (Å²) in [4.78, 5) is -0.0945. The number of hydrogen-bond donors (Lipinski definition) is 1. The molecule has 1 aromatic rings. The van der Waals surface area contributed by atoms with Crippen molar-refractivity contribution in [3.05, 3.63) is 22.2 Å². The van der Waals surface area contributed by atoms with Gasteiger partial charge in [0.1, 0.15) is 15.7 Å². The number of nitrogens with one attached hydrogen (secondary N) is 1. The van der Waals surface area contributed by atoms with Gasteiger partial charge in [-0.05, 0) is 19.1 Å². The Kier molecular flexibility index (Phi) is 5.88. The number of ether oxygens (including phenoxy) is 2. The third kappa shape index (κ3) is 3.97. The average molecular weight is 328 g/mol. The second kappa shape index (κ2) is 6.76. The zero-order valence-electron chi connectivity index (χ0n) is 10.7. The van der Waals surface area contributed by atoms with Crippen LogP contribution in [0.1, 0.15) is 6.92 Å². The van der Waals surface area contributed by atoms with Gasteiger partial charge in [-0.15, -0.1) is 0 Å². The maximum Gasteiger partial charge on any atom is 0.242 e. The molecule has 0 spiro atoms. The van der Waals surface area contributed by atoms with Gasteiger partial charge in [0.05, 0.1) is 18.7 Å². The van der Waals surface area contributed by atoms with Crippen molar-refractivity contribution in [1.82, 2.24) is 4.72 Å². The zero-order chi connectivity index (χ0) is 14.6. The van der Waals surface area contributed by atoms with Crippen molar-refractivity contribution in [3.8, 4) is 5.75 Å². The maximum absolute atomic E-state index is 12.1. The SMILES string of the molecule is COC[C@H](C)NS(=O)(=O)c1ccc(OC)c(Cl)c1Cl. The molecule has 1 atom stereocenters. The van der Waals surface area contributed by atoms with Crippen molar-refractivity contribution in [2.24, 2.45) is 0 Å². The van der Waals surface area contributed by atoms with Crippen LogP contribution in [-0.2, 0) is 14.8 Å². The molecule has 0 fully saturated rings. The van der Waals surface area contributed by atoms with Crippen LogP contribution in [0.3, 0.4) is 0 Å². The highest BCUT2D eigenvalue weighted by molar-refractivity contribution is 7.89. The molecule has 0 radical (unpaired) electrons. The second-order valence-electron chi connectivity index (χ2n) is 3.87. The zero-order valence-corrected chi connectivity index (χ0v) is 13.1. The topological polar surface area (TPSA) is 64.6 Å². The summed E-state index contributed by atoms with van der Waals surface area (Å²) in [6, 6.07) is 2.41. The second-order valence-corrected chi connectivity index (χ2v) is 6.31. The molecule has 1 rings (SSSR count). The summed E-state index contributed by atoms with van der Waals surface area (Å²) < 4.78 is 36.6. The van der Waals surface area contributed by atoms with E-state index in [1.807, 2.05) is 0 Å². The normalized spacial score (nSPS) is 13.3. The molecule has 0 aliphatic rings. The van der Waals surface area contributed by atoms with Crippen LogP contribution >= 0.6 is 23.2 Å². The lowest BCUT2D eigenvalue weighted by atomic mass is 10.3. The third-order valence-corrected chi connectivity index (χ3v) is 4.90. The van der Waals surface area contributed by atoms with Crippen LogP contribution in [0.2, 0.25) is 10.0 Å². The number of benzene rings is 1. The Labute approximate surface area is 122 Å². The fourth-order valence-corrected chi connectivity index (χ4v) is 3.56. The van der Waals surface area contributed by atoms with Gasteiger partial charge in [0.15, 0.2) is 0 Å². The minimum absolute atomic E-state index is 0.0615. The molecule has 1 aromatic carbocycles. The Morgan fingerprint density at radius 1 is 1.26 bits per heavy atom. The molecule has 5 nitrogen and oxygen atoms in total. The molecule has 0 saturated heterocycles. The summed E-state index contributed by atoms with van der Waals surface area (Å²) in [6.07, 6.45) is 0. The van der Waals surface area contributed by atoms with Gasteiger partial charge in [0, 0.05) is 13.2 Å². The molecule has 0 saturated carbocycles. The van der Waals surface area contributed by atoms with Crippen LogP contribution in [0.4, 0.5) is 0 Å². The van der Waals surface area contributed by atoms with Crippen LogP contribution < -0.4 is 9.46 Å². The average Bonchev–Trinajstić information content (AvgIpc) is 2.31. The summed E-state index contributed by atoms with van der Waals surface area (Å²) in [7, 11) is -0.852. The first-order valence-electron chi connectivity index (χ1n) is 5.36. The molecular formula is C11H15Cl2NO4S. The summed E-state index contributed by atoms with van der Waals surface area (Å²) in [5.74, 6) is 0.315. The number of halogens is 2. The molecule has 0 bridgehead atoms. The van der Waals surface area contributed by atoms with Crippen molar-refractivity contribution in [1.29, 1.82) is 0 Å². The van der Waals surface area contributed by atoms with Crippen molar-refractivity contribution >= 4 is 33.2 Å². The monoisotopic (exact) mass is 327 g/mol. The summed E-state index contributed by atoms with van der Waals surface area (Å²) in [5, 5.41) is -0.00966. The Morgan fingerprint density at radius 3 is 2.42 bits per heavy atom. The van der Waals surface area contributed by atoms with Crippen molar-refractivity contribution in [2.75, 3.05) is 20.8 Å². The van der Waals surface area contributed by atoms with Gasteiger partial charge < -0.3 is 9.47 Å². The Hall–Kier alpha value is -0.530. The Morgan fingerprint density at radius 2 is 1.89 bits per heavy atom.